The number of rotatable bonds is 3. The first-order valence-electron chi connectivity index (χ1n) is 6.51. The summed E-state index contributed by atoms with van der Waals surface area (Å²) >= 11 is 0. The zero-order valence-electron chi connectivity index (χ0n) is 11.1. The average Bonchev–Trinajstić information content (AvgIpc) is 2.93. The van der Waals surface area contributed by atoms with Gasteiger partial charge in [-0.1, -0.05) is 13.8 Å². The van der Waals surface area contributed by atoms with Crippen LogP contribution in [0.15, 0.2) is 41.3 Å². The maximum Gasteiger partial charge on any atom is 0.181 e. The summed E-state index contributed by atoms with van der Waals surface area (Å²) < 4.78 is 5.26. The molecule has 3 rings (SSSR count). The molecule has 1 aliphatic carbocycles. The molecule has 1 saturated carbocycles. The number of oxazole rings is 1. The van der Waals surface area contributed by atoms with Gasteiger partial charge in [0.1, 0.15) is 0 Å². The summed E-state index contributed by atoms with van der Waals surface area (Å²) in [5.41, 5.74) is 2.01. The quantitative estimate of drug-likeness (QED) is 0.888. The summed E-state index contributed by atoms with van der Waals surface area (Å²) in [7, 11) is 0. The number of hydrogen-bond donors (Lipinski definition) is 2. The minimum atomic E-state index is -0.210. The molecule has 4 heteroatoms. The lowest BCUT2D eigenvalue weighted by atomic mass is 9.64. The van der Waals surface area contributed by atoms with E-state index in [9.17, 15) is 5.11 Å². The smallest absolute Gasteiger partial charge is 0.181 e. The molecule has 1 fully saturated rings. The summed E-state index contributed by atoms with van der Waals surface area (Å²) in [6.07, 6.45) is 3.73. The van der Waals surface area contributed by atoms with Crippen molar-refractivity contribution in [2.75, 3.05) is 5.32 Å². The highest BCUT2D eigenvalue weighted by Gasteiger charge is 2.47. The van der Waals surface area contributed by atoms with Crippen LogP contribution < -0.4 is 5.32 Å². The summed E-state index contributed by atoms with van der Waals surface area (Å²) in [6, 6.07) is 8.38. The van der Waals surface area contributed by atoms with Crippen molar-refractivity contribution in [3.05, 3.63) is 36.9 Å². The van der Waals surface area contributed by atoms with Crippen molar-refractivity contribution in [1.82, 2.24) is 4.98 Å². The first-order chi connectivity index (χ1) is 9.07. The Hall–Kier alpha value is -1.81. The molecule has 1 aromatic heterocycles. The lowest BCUT2D eigenvalue weighted by molar-refractivity contribution is -0.0510. The molecule has 2 aromatic rings. The molecule has 4 nitrogen and oxygen atoms in total. The third-order valence-corrected chi connectivity index (χ3v) is 4.16. The van der Waals surface area contributed by atoms with Gasteiger partial charge in [0.05, 0.1) is 12.3 Å². The van der Waals surface area contributed by atoms with Crippen molar-refractivity contribution in [1.29, 1.82) is 0 Å². The summed E-state index contributed by atoms with van der Waals surface area (Å²) in [5, 5.41) is 13.2. The Balaban J connectivity index is 1.70. The average molecular weight is 258 g/mol. The van der Waals surface area contributed by atoms with E-state index in [0.717, 1.165) is 23.4 Å². The maximum atomic E-state index is 9.73. The standard InChI is InChI=1S/C15H18N2O2/c1-15(2)13(7-14(15)18)17-11-5-3-10(4-6-11)12-8-16-9-19-12/h3-6,8-9,13-14,17-18H,7H2,1-2H3. The highest BCUT2D eigenvalue weighted by Crippen LogP contribution is 2.42. The zero-order chi connectivity index (χ0) is 13.5. The van der Waals surface area contributed by atoms with E-state index >= 15 is 0 Å². The van der Waals surface area contributed by atoms with E-state index < -0.39 is 0 Å². The van der Waals surface area contributed by atoms with Crippen molar-refractivity contribution in [2.45, 2.75) is 32.4 Å². The van der Waals surface area contributed by atoms with Crippen molar-refractivity contribution in [3.63, 3.8) is 0 Å². The van der Waals surface area contributed by atoms with Gasteiger partial charge in [-0.05, 0) is 30.7 Å². The second-order valence-corrected chi connectivity index (χ2v) is 5.71. The van der Waals surface area contributed by atoms with E-state index in [0.29, 0.717) is 6.04 Å². The third kappa shape index (κ3) is 2.12. The van der Waals surface area contributed by atoms with Gasteiger partial charge < -0.3 is 14.8 Å². The highest BCUT2D eigenvalue weighted by molar-refractivity contribution is 5.60. The largest absolute Gasteiger partial charge is 0.444 e. The molecule has 0 amide bonds. The molecule has 0 saturated heterocycles. The van der Waals surface area contributed by atoms with Crippen LogP contribution in [0.4, 0.5) is 5.69 Å². The molecule has 0 aliphatic heterocycles. The van der Waals surface area contributed by atoms with Gasteiger partial charge in [-0.25, -0.2) is 4.98 Å². The van der Waals surface area contributed by atoms with Crippen LogP contribution in [0.5, 0.6) is 0 Å². The van der Waals surface area contributed by atoms with Crippen molar-refractivity contribution >= 4 is 5.69 Å². The molecule has 2 unspecified atom stereocenters. The van der Waals surface area contributed by atoms with E-state index in [4.69, 9.17) is 4.42 Å². The number of aromatic nitrogens is 1. The fraction of sp³-hybridized carbons (Fsp3) is 0.400. The van der Waals surface area contributed by atoms with Crippen LogP contribution >= 0.6 is 0 Å². The summed E-state index contributed by atoms with van der Waals surface area (Å²) in [6.45, 7) is 4.17. The lowest BCUT2D eigenvalue weighted by Crippen LogP contribution is -2.56. The molecule has 0 radical (unpaired) electrons. The third-order valence-electron chi connectivity index (χ3n) is 4.16. The Bertz CT molecular complexity index is 546. The molecule has 2 atom stereocenters. The van der Waals surface area contributed by atoms with Gasteiger partial charge in [-0.2, -0.15) is 0 Å². The molecule has 0 spiro atoms. The SMILES string of the molecule is CC1(C)C(O)CC1Nc1ccc(-c2cnco2)cc1. The van der Waals surface area contributed by atoms with E-state index in [1.165, 1.54) is 6.39 Å². The Kier molecular flexibility index (Phi) is 2.82. The molecule has 1 heterocycles. The zero-order valence-corrected chi connectivity index (χ0v) is 11.1. The summed E-state index contributed by atoms with van der Waals surface area (Å²) in [5.74, 6) is 0.769. The fourth-order valence-corrected chi connectivity index (χ4v) is 2.44. The van der Waals surface area contributed by atoms with Crippen molar-refractivity contribution in [3.8, 4) is 11.3 Å². The first kappa shape index (κ1) is 12.2. The van der Waals surface area contributed by atoms with Crippen molar-refractivity contribution < 1.29 is 9.52 Å². The second kappa shape index (κ2) is 4.38. The summed E-state index contributed by atoms with van der Waals surface area (Å²) in [4.78, 5) is 3.91. The molecular formula is C15H18N2O2. The topological polar surface area (TPSA) is 58.3 Å². The van der Waals surface area contributed by atoms with E-state index in [1.807, 2.05) is 24.3 Å². The van der Waals surface area contributed by atoms with Crippen molar-refractivity contribution in [2.24, 2.45) is 5.41 Å². The fourth-order valence-electron chi connectivity index (χ4n) is 2.44. The predicted octanol–water partition coefficient (Wildman–Crippen LogP) is 2.91. The van der Waals surface area contributed by atoms with Crippen LogP contribution in [0.25, 0.3) is 11.3 Å². The number of aliphatic hydroxyl groups is 1. The molecule has 2 N–H and O–H groups in total. The minimum Gasteiger partial charge on any atom is -0.444 e. The van der Waals surface area contributed by atoms with E-state index in [-0.39, 0.29) is 11.5 Å². The molecule has 19 heavy (non-hydrogen) atoms. The number of anilines is 1. The monoisotopic (exact) mass is 258 g/mol. The van der Waals surface area contributed by atoms with Gasteiger partial charge in [-0.15, -0.1) is 0 Å². The van der Waals surface area contributed by atoms with Crippen LogP contribution in [0.1, 0.15) is 20.3 Å². The molecule has 1 aromatic carbocycles. The highest BCUT2D eigenvalue weighted by atomic mass is 16.3. The lowest BCUT2D eigenvalue weighted by Gasteiger charge is -2.49. The molecule has 0 bridgehead atoms. The van der Waals surface area contributed by atoms with Gasteiger partial charge in [0.15, 0.2) is 12.2 Å². The molecule has 100 valence electrons. The Labute approximate surface area is 112 Å². The molecule has 1 aliphatic rings. The number of nitrogens with zero attached hydrogens (tertiary/aromatic N) is 1. The molecular weight excluding hydrogens is 240 g/mol. The maximum absolute atomic E-state index is 9.73. The Morgan fingerprint density at radius 3 is 2.58 bits per heavy atom. The van der Waals surface area contributed by atoms with Gasteiger partial charge in [-0.3, -0.25) is 0 Å². The number of nitrogens with one attached hydrogen (secondary N) is 1. The van der Waals surface area contributed by atoms with Crippen LogP contribution in [0, 0.1) is 5.41 Å². The van der Waals surface area contributed by atoms with Crippen LogP contribution in [-0.4, -0.2) is 22.2 Å². The number of hydrogen-bond acceptors (Lipinski definition) is 4. The van der Waals surface area contributed by atoms with E-state index in [1.54, 1.807) is 6.20 Å². The van der Waals surface area contributed by atoms with Gasteiger partial charge >= 0.3 is 0 Å². The second-order valence-electron chi connectivity index (χ2n) is 5.71. The van der Waals surface area contributed by atoms with Crippen LogP contribution in [-0.2, 0) is 0 Å². The van der Waals surface area contributed by atoms with Crippen LogP contribution in [0.3, 0.4) is 0 Å². The van der Waals surface area contributed by atoms with E-state index in [2.05, 4.69) is 24.1 Å². The first-order valence-corrected chi connectivity index (χ1v) is 6.51. The Morgan fingerprint density at radius 2 is 2.05 bits per heavy atom. The predicted molar refractivity (Wildman–Crippen MR) is 73.8 cm³/mol. The number of aliphatic hydroxyl groups excluding tert-OH is 1. The Morgan fingerprint density at radius 1 is 1.32 bits per heavy atom. The van der Waals surface area contributed by atoms with Gasteiger partial charge in [0.25, 0.3) is 0 Å². The van der Waals surface area contributed by atoms with Gasteiger partial charge in [0.2, 0.25) is 0 Å². The van der Waals surface area contributed by atoms with Crippen LogP contribution in [0.2, 0.25) is 0 Å². The normalized spacial score (nSPS) is 24.8. The minimum absolute atomic E-state index is 0.0659. The van der Waals surface area contributed by atoms with Gasteiger partial charge in [0, 0.05) is 22.7 Å². The number of benzene rings is 1.